The van der Waals surface area contributed by atoms with E-state index in [0.717, 1.165) is 77.7 Å². The molecule has 0 saturated carbocycles. The number of likely N-dealkylation sites (tertiary alicyclic amines) is 1. The zero-order chi connectivity index (χ0) is 26.9. The molecular weight excluding hydrogens is 520 g/mol. The van der Waals surface area contributed by atoms with Crippen molar-refractivity contribution in [3.8, 4) is 17.7 Å². The molecule has 198 valence electrons. The molecule has 11 heteroatoms. The second-order valence-electron chi connectivity index (χ2n) is 9.81. The van der Waals surface area contributed by atoms with Gasteiger partial charge in [0, 0.05) is 42.7 Å². The van der Waals surface area contributed by atoms with Crippen LogP contribution >= 0.6 is 11.8 Å². The van der Waals surface area contributed by atoms with E-state index in [0.29, 0.717) is 17.4 Å². The molecule has 1 fully saturated rings. The molecule has 3 aromatic rings. The van der Waals surface area contributed by atoms with Crippen molar-refractivity contribution in [2.45, 2.75) is 55.7 Å². The first-order chi connectivity index (χ1) is 18.2. The highest BCUT2D eigenvalue weighted by molar-refractivity contribution is 7.98. The summed E-state index contributed by atoms with van der Waals surface area (Å²) in [4.78, 5) is 12.1. The molecule has 2 aliphatic heterocycles. The van der Waals surface area contributed by atoms with Gasteiger partial charge in [-0.2, -0.15) is 22.0 Å². The van der Waals surface area contributed by atoms with E-state index >= 15 is 0 Å². The van der Waals surface area contributed by atoms with E-state index in [9.17, 15) is 13.7 Å². The molecule has 3 N–H and O–H groups in total. The van der Waals surface area contributed by atoms with Gasteiger partial charge in [-0.3, -0.25) is 4.90 Å². The first kappa shape index (κ1) is 26.4. The highest BCUT2D eigenvalue weighted by Gasteiger charge is 2.25. The number of piperidine rings is 1. The molecule has 0 atom stereocenters. The number of benzene rings is 2. The van der Waals surface area contributed by atoms with E-state index in [1.807, 2.05) is 38.1 Å². The van der Waals surface area contributed by atoms with E-state index in [1.165, 1.54) is 0 Å². The number of anilines is 1. The van der Waals surface area contributed by atoms with Gasteiger partial charge in [0.05, 0.1) is 22.2 Å². The number of fused-ring (bicyclic) bond motifs is 1. The number of hydrogen-bond acceptors (Lipinski definition) is 9. The molecule has 38 heavy (non-hydrogen) atoms. The van der Waals surface area contributed by atoms with Crippen molar-refractivity contribution in [3.05, 3.63) is 69.9 Å². The Balaban J connectivity index is 1.24. The summed E-state index contributed by atoms with van der Waals surface area (Å²) in [6, 6.07) is 12.9. The Labute approximate surface area is 227 Å². The number of thioether (sulfide) groups is 1. The molecule has 9 nitrogen and oxygen atoms in total. The molecule has 0 unspecified atom stereocenters. The predicted molar refractivity (Wildman–Crippen MR) is 147 cm³/mol. The summed E-state index contributed by atoms with van der Waals surface area (Å²) in [7, 11) is -3.68. The number of primary sulfonamides is 1. The lowest BCUT2D eigenvalue weighted by Crippen LogP contribution is -2.39. The third-order valence-electron chi connectivity index (χ3n) is 6.91. The van der Waals surface area contributed by atoms with Crippen molar-refractivity contribution in [1.82, 2.24) is 14.9 Å². The fourth-order valence-electron chi connectivity index (χ4n) is 4.90. The molecule has 5 rings (SSSR count). The van der Waals surface area contributed by atoms with Crippen LogP contribution in [0.1, 0.15) is 46.4 Å². The van der Waals surface area contributed by atoms with Crippen LogP contribution in [-0.4, -0.2) is 42.4 Å². The lowest BCUT2D eigenvalue weighted by molar-refractivity contribution is 0.211. The number of rotatable bonds is 7. The van der Waals surface area contributed by atoms with Gasteiger partial charge in [-0.1, -0.05) is 12.1 Å². The average molecular weight is 551 g/mol. The van der Waals surface area contributed by atoms with Crippen LogP contribution < -0.4 is 15.2 Å². The van der Waals surface area contributed by atoms with Gasteiger partial charge in [-0.25, -0.2) is 18.5 Å². The largest absolute Gasteiger partial charge is 0.438 e. The Morgan fingerprint density at radius 2 is 1.82 bits per heavy atom. The van der Waals surface area contributed by atoms with Crippen molar-refractivity contribution in [2.75, 3.05) is 18.4 Å². The van der Waals surface area contributed by atoms with Crippen molar-refractivity contribution < 1.29 is 13.2 Å². The summed E-state index contributed by atoms with van der Waals surface area (Å²) >= 11 is 1.80. The second-order valence-corrected chi connectivity index (χ2v) is 12.4. The number of aromatic nitrogens is 2. The first-order valence-electron chi connectivity index (χ1n) is 12.5. The SMILES string of the molecule is Cc1cc(C#N)cc(C)c1Oc1nc(NC2CCN(Cc3ccc(S(N)(=O)=O)cc3)CC2)nc2c1CSC2. The van der Waals surface area contributed by atoms with Gasteiger partial charge in [0.15, 0.2) is 0 Å². The van der Waals surface area contributed by atoms with Crippen molar-refractivity contribution >= 4 is 27.7 Å². The van der Waals surface area contributed by atoms with Crippen LogP contribution in [0.4, 0.5) is 5.95 Å². The summed E-state index contributed by atoms with van der Waals surface area (Å²) in [6.07, 6.45) is 1.88. The van der Waals surface area contributed by atoms with Crippen LogP contribution in [-0.2, 0) is 28.1 Å². The van der Waals surface area contributed by atoms with Crippen molar-refractivity contribution in [3.63, 3.8) is 0 Å². The molecule has 3 heterocycles. The Morgan fingerprint density at radius 3 is 2.45 bits per heavy atom. The Bertz CT molecular complexity index is 1470. The third-order valence-corrected chi connectivity index (χ3v) is 8.81. The number of nitrogens with zero attached hydrogens (tertiary/aromatic N) is 4. The quantitative estimate of drug-likeness (QED) is 0.443. The van der Waals surface area contributed by atoms with E-state index in [2.05, 4.69) is 16.3 Å². The highest BCUT2D eigenvalue weighted by atomic mass is 32.2. The van der Waals surface area contributed by atoms with Gasteiger partial charge < -0.3 is 10.1 Å². The van der Waals surface area contributed by atoms with E-state index in [4.69, 9.17) is 19.8 Å². The van der Waals surface area contributed by atoms with Gasteiger partial charge in [0.2, 0.25) is 21.9 Å². The topological polar surface area (TPSA) is 134 Å². The van der Waals surface area contributed by atoms with E-state index in [-0.39, 0.29) is 10.9 Å². The van der Waals surface area contributed by atoms with Gasteiger partial charge >= 0.3 is 0 Å². The van der Waals surface area contributed by atoms with Gasteiger partial charge in [0.1, 0.15) is 5.75 Å². The molecule has 0 aliphatic carbocycles. The molecule has 2 aromatic carbocycles. The second kappa shape index (κ2) is 10.9. The predicted octanol–water partition coefficient (Wildman–Crippen LogP) is 4.23. The number of ether oxygens (including phenoxy) is 1. The molecule has 0 amide bonds. The van der Waals surface area contributed by atoms with Crippen LogP contribution in [0.3, 0.4) is 0 Å². The number of nitriles is 1. The number of hydrogen-bond donors (Lipinski definition) is 2. The minimum absolute atomic E-state index is 0.129. The van der Waals surface area contributed by atoms with E-state index in [1.54, 1.807) is 23.9 Å². The lowest BCUT2D eigenvalue weighted by Gasteiger charge is -2.32. The molecule has 0 bridgehead atoms. The lowest BCUT2D eigenvalue weighted by atomic mass is 10.0. The van der Waals surface area contributed by atoms with Crippen LogP contribution in [0.15, 0.2) is 41.3 Å². The van der Waals surface area contributed by atoms with Gasteiger partial charge in [0.25, 0.3) is 0 Å². The maximum absolute atomic E-state index is 11.5. The first-order valence-corrected chi connectivity index (χ1v) is 15.2. The normalized spacial score (nSPS) is 16.2. The van der Waals surface area contributed by atoms with Crippen molar-refractivity contribution in [1.29, 1.82) is 5.26 Å². The zero-order valence-electron chi connectivity index (χ0n) is 21.4. The number of nitrogens with two attached hydrogens (primary N) is 1. The fourth-order valence-corrected chi connectivity index (χ4v) is 6.45. The smallest absolute Gasteiger partial charge is 0.238 e. The Kier molecular flexibility index (Phi) is 7.59. The Morgan fingerprint density at radius 1 is 1.13 bits per heavy atom. The molecule has 2 aliphatic rings. The summed E-state index contributed by atoms with van der Waals surface area (Å²) < 4.78 is 29.3. The molecular formula is C27H30N6O3S2. The third kappa shape index (κ3) is 5.94. The van der Waals surface area contributed by atoms with Gasteiger partial charge in [-0.15, -0.1) is 0 Å². The Hall–Kier alpha value is -3.17. The minimum Gasteiger partial charge on any atom is -0.438 e. The summed E-state index contributed by atoms with van der Waals surface area (Å²) in [5, 5.41) is 18.0. The van der Waals surface area contributed by atoms with E-state index < -0.39 is 10.0 Å². The standard InChI is InChI=1S/C27H30N6O3S2/c1-17-11-20(13-28)12-18(2)25(17)36-26-23-15-37-16-24(23)31-27(32-26)30-21-7-9-33(10-8-21)14-19-3-5-22(6-4-19)38(29,34)35/h3-6,11-12,21H,7-10,14-16H2,1-2H3,(H2,29,34,35)(H,30,31,32). The maximum Gasteiger partial charge on any atom is 0.238 e. The number of sulfonamides is 1. The monoisotopic (exact) mass is 550 g/mol. The summed E-state index contributed by atoms with van der Waals surface area (Å²) in [5.74, 6) is 3.55. The minimum atomic E-state index is -3.68. The summed E-state index contributed by atoms with van der Waals surface area (Å²) in [6.45, 7) is 6.46. The summed E-state index contributed by atoms with van der Waals surface area (Å²) in [5.41, 5.74) is 5.52. The maximum atomic E-state index is 11.5. The molecule has 1 saturated heterocycles. The van der Waals surface area contributed by atoms with Gasteiger partial charge in [-0.05, 0) is 67.6 Å². The highest BCUT2D eigenvalue weighted by Crippen LogP contribution is 2.38. The zero-order valence-corrected chi connectivity index (χ0v) is 23.0. The molecule has 0 spiro atoms. The van der Waals surface area contributed by atoms with Crippen LogP contribution in [0.5, 0.6) is 11.6 Å². The number of aryl methyl sites for hydroxylation is 2. The fraction of sp³-hybridized carbons (Fsp3) is 0.370. The van der Waals surface area contributed by atoms with Crippen LogP contribution in [0.2, 0.25) is 0 Å². The van der Waals surface area contributed by atoms with Crippen LogP contribution in [0.25, 0.3) is 0 Å². The average Bonchev–Trinajstić information content (AvgIpc) is 3.36. The van der Waals surface area contributed by atoms with Crippen molar-refractivity contribution in [2.24, 2.45) is 5.14 Å². The number of nitrogens with one attached hydrogen (secondary N) is 1. The van der Waals surface area contributed by atoms with Crippen LogP contribution in [0, 0.1) is 25.2 Å². The molecule has 1 aromatic heterocycles. The molecule has 0 radical (unpaired) electrons.